The highest BCUT2D eigenvalue weighted by atomic mass is 16.2. The van der Waals surface area contributed by atoms with E-state index in [0.717, 1.165) is 29.2 Å². The molecule has 6 nitrogen and oxygen atoms in total. The van der Waals surface area contributed by atoms with E-state index in [1.165, 1.54) is 11.1 Å². The first-order chi connectivity index (χ1) is 14.9. The van der Waals surface area contributed by atoms with Crippen LogP contribution in [0, 0.1) is 26.7 Å². The number of rotatable bonds is 5. The average Bonchev–Trinajstić information content (AvgIpc) is 3.29. The molecular weight excluding hydrogens is 388 g/mol. The van der Waals surface area contributed by atoms with Gasteiger partial charge in [-0.05, 0) is 57.0 Å². The fourth-order valence-electron chi connectivity index (χ4n) is 4.06. The summed E-state index contributed by atoms with van der Waals surface area (Å²) in [5.41, 5.74) is 6.50. The topological polar surface area (TPSA) is 67.2 Å². The lowest BCUT2D eigenvalue weighted by molar-refractivity contribution is -0.122. The highest BCUT2D eigenvalue weighted by Crippen LogP contribution is 2.29. The van der Waals surface area contributed by atoms with E-state index >= 15 is 0 Å². The molecule has 1 atom stereocenters. The van der Waals surface area contributed by atoms with Crippen LogP contribution in [0.3, 0.4) is 0 Å². The summed E-state index contributed by atoms with van der Waals surface area (Å²) in [6.45, 7) is 8.35. The molecule has 1 N–H and O–H groups in total. The van der Waals surface area contributed by atoms with E-state index in [1.54, 1.807) is 4.90 Å². The summed E-state index contributed by atoms with van der Waals surface area (Å²) in [7, 11) is 0. The normalized spacial score (nSPS) is 16.1. The van der Waals surface area contributed by atoms with Crippen molar-refractivity contribution >= 4 is 23.2 Å². The molecule has 1 aromatic heterocycles. The monoisotopic (exact) mass is 416 g/mol. The minimum atomic E-state index is -0.390. The number of carbonyl (C=O) groups is 2. The zero-order valence-electron chi connectivity index (χ0n) is 18.5. The summed E-state index contributed by atoms with van der Waals surface area (Å²) < 4.78 is 1.84. The van der Waals surface area contributed by atoms with Crippen molar-refractivity contribution in [2.45, 2.75) is 40.5 Å². The first kappa shape index (κ1) is 20.8. The molecule has 0 aliphatic carbocycles. The first-order valence-electron chi connectivity index (χ1n) is 10.7. The number of aromatic nitrogens is 2. The molecule has 160 valence electrons. The fraction of sp³-hybridized carbons (Fsp3) is 0.320. The maximum atomic E-state index is 13.0. The standard InChI is InChI=1S/C25H28N4O2/c1-5-19-7-6-8-22(13-19)28-15-20(14-23(28)30)25(31)26-24-17(3)27-29(18(24)4)21-11-9-16(2)10-12-21/h6-13,20H,5,14-15H2,1-4H3,(H,26,31)/t20-/m0/s1. The van der Waals surface area contributed by atoms with Crippen LogP contribution in [-0.2, 0) is 16.0 Å². The quantitative estimate of drug-likeness (QED) is 0.672. The molecule has 0 radical (unpaired) electrons. The molecular formula is C25H28N4O2. The third-order valence-electron chi connectivity index (χ3n) is 5.94. The molecule has 0 bridgehead atoms. The number of hydrogen-bond acceptors (Lipinski definition) is 3. The lowest BCUT2D eigenvalue weighted by Gasteiger charge is -2.17. The molecule has 1 saturated heterocycles. The van der Waals surface area contributed by atoms with Gasteiger partial charge >= 0.3 is 0 Å². The third-order valence-corrected chi connectivity index (χ3v) is 5.94. The smallest absolute Gasteiger partial charge is 0.229 e. The zero-order chi connectivity index (χ0) is 22.1. The van der Waals surface area contributed by atoms with Crippen LogP contribution in [0.2, 0.25) is 0 Å². The van der Waals surface area contributed by atoms with Crippen LogP contribution in [0.15, 0.2) is 48.5 Å². The van der Waals surface area contributed by atoms with Gasteiger partial charge in [0.2, 0.25) is 11.8 Å². The molecule has 0 spiro atoms. The number of hydrogen-bond donors (Lipinski definition) is 1. The van der Waals surface area contributed by atoms with Gasteiger partial charge in [0, 0.05) is 18.7 Å². The minimum Gasteiger partial charge on any atom is -0.323 e. The molecule has 2 aromatic carbocycles. The molecule has 0 saturated carbocycles. The Bertz CT molecular complexity index is 1130. The van der Waals surface area contributed by atoms with Gasteiger partial charge in [0.05, 0.1) is 28.7 Å². The molecule has 1 aliphatic heterocycles. The van der Waals surface area contributed by atoms with E-state index < -0.39 is 0 Å². The van der Waals surface area contributed by atoms with Gasteiger partial charge in [0.1, 0.15) is 0 Å². The van der Waals surface area contributed by atoms with E-state index in [0.29, 0.717) is 12.2 Å². The van der Waals surface area contributed by atoms with Crippen LogP contribution >= 0.6 is 0 Å². The molecule has 1 aliphatic rings. The predicted octanol–water partition coefficient (Wildman–Crippen LogP) is 4.35. The van der Waals surface area contributed by atoms with Crippen LogP contribution < -0.4 is 10.2 Å². The summed E-state index contributed by atoms with van der Waals surface area (Å²) in [5, 5.41) is 7.65. The zero-order valence-corrected chi connectivity index (χ0v) is 18.5. The lowest BCUT2D eigenvalue weighted by atomic mass is 10.1. The minimum absolute atomic E-state index is 0.0165. The van der Waals surface area contributed by atoms with E-state index in [2.05, 4.69) is 17.3 Å². The van der Waals surface area contributed by atoms with Crippen molar-refractivity contribution in [3.63, 3.8) is 0 Å². The van der Waals surface area contributed by atoms with Gasteiger partial charge in [-0.2, -0.15) is 5.10 Å². The van der Waals surface area contributed by atoms with Gasteiger partial charge < -0.3 is 10.2 Å². The number of benzene rings is 2. The Morgan fingerprint density at radius 2 is 1.84 bits per heavy atom. The number of amides is 2. The number of aryl methyl sites for hydroxylation is 3. The summed E-state index contributed by atoms with van der Waals surface area (Å²) >= 11 is 0. The van der Waals surface area contributed by atoms with Crippen molar-refractivity contribution in [1.82, 2.24) is 9.78 Å². The Balaban J connectivity index is 1.51. The molecule has 31 heavy (non-hydrogen) atoms. The molecule has 0 unspecified atom stereocenters. The Morgan fingerprint density at radius 1 is 1.10 bits per heavy atom. The summed E-state index contributed by atoms with van der Waals surface area (Å²) in [6.07, 6.45) is 1.12. The van der Waals surface area contributed by atoms with Crippen molar-refractivity contribution in [1.29, 1.82) is 0 Å². The number of nitrogens with one attached hydrogen (secondary N) is 1. The second kappa shape index (κ2) is 8.38. The molecule has 6 heteroatoms. The van der Waals surface area contributed by atoms with Gasteiger partial charge in [-0.1, -0.05) is 36.8 Å². The summed E-state index contributed by atoms with van der Waals surface area (Å²) in [6, 6.07) is 16.1. The first-order valence-corrected chi connectivity index (χ1v) is 10.7. The van der Waals surface area contributed by atoms with Gasteiger partial charge in [-0.15, -0.1) is 0 Å². The van der Waals surface area contributed by atoms with Crippen molar-refractivity contribution in [2.75, 3.05) is 16.8 Å². The van der Waals surface area contributed by atoms with Crippen molar-refractivity contribution < 1.29 is 9.59 Å². The molecule has 2 heterocycles. The van der Waals surface area contributed by atoms with Gasteiger partial charge in [-0.3, -0.25) is 9.59 Å². The van der Waals surface area contributed by atoms with Gasteiger partial charge in [0.25, 0.3) is 0 Å². The Hall–Kier alpha value is -3.41. The number of anilines is 2. The highest BCUT2D eigenvalue weighted by Gasteiger charge is 2.35. The van der Waals surface area contributed by atoms with Gasteiger partial charge in [-0.25, -0.2) is 4.68 Å². The van der Waals surface area contributed by atoms with Crippen molar-refractivity contribution in [3.8, 4) is 5.69 Å². The van der Waals surface area contributed by atoms with Crippen LogP contribution in [0.4, 0.5) is 11.4 Å². The molecule has 1 fully saturated rings. The van der Waals surface area contributed by atoms with E-state index in [4.69, 9.17) is 0 Å². The third kappa shape index (κ3) is 4.10. The number of carbonyl (C=O) groups excluding carboxylic acids is 2. The fourth-order valence-corrected chi connectivity index (χ4v) is 4.06. The Kier molecular flexibility index (Phi) is 5.63. The largest absolute Gasteiger partial charge is 0.323 e. The Morgan fingerprint density at radius 3 is 2.55 bits per heavy atom. The van der Waals surface area contributed by atoms with E-state index in [-0.39, 0.29) is 24.2 Å². The molecule has 3 aromatic rings. The SMILES string of the molecule is CCc1cccc(N2C[C@@H](C(=O)Nc3c(C)nn(-c4ccc(C)cc4)c3C)CC2=O)c1. The van der Waals surface area contributed by atoms with Crippen LogP contribution in [0.25, 0.3) is 5.69 Å². The van der Waals surface area contributed by atoms with Crippen LogP contribution in [-0.4, -0.2) is 28.1 Å². The Labute approximate surface area is 182 Å². The van der Waals surface area contributed by atoms with E-state index in [9.17, 15) is 9.59 Å². The molecule has 4 rings (SSSR count). The van der Waals surface area contributed by atoms with Gasteiger partial charge in [0.15, 0.2) is 0 Å². The second-order valence-electron chi connectivity index (χ2n) is 8.21. The lowest BCUT2D eigenvalue weighted by Crippen LogP contribution is -2.28. The average molecular weight is 417 g/mol. The van der Waals surface area contributed by atoms with Crippen molar-refractivity contribution in [2.24, 2.45) is 5.92 Å². The maximum absolute atomic E-state index is 13.0. The van der Waals surface area contributed by atoms with E-state index in [1.807, 2.05) is 74.0 Å². The van der Waals surface area contributed by atoms with Crippen LogP contribution in [0.1, 0.15) is 35.9 Å². The summed E-state index contributed by atoms with van der Waals surface area (Å²) in [4.78, 5) is 27.4. The number of nitrogens with zero attached hydrogens (tertiary/aromatic N) is 3. The molecule has 2 amide bonds. The summed E-state index contributed by atoms with van der Waals surface area (Å²) in [5.74, 6) is -0.548. The maximum Gasteiger partial charge on any atom is 0.229 e. The predicted molar refractivity (Wildman–Crippen MR) is 123 cm³/mol. The highest BCUT2D eigenvalue weighted by molar-refractivity contribution is 6.03. The van der Waals surface area contributed by atoms with Crippen LogP contribution in [0.5, 0.6) is 0 Å². The second-order valence-corrected chi connectivity index (χ2v) is 8.21. The van der Waals surface area contributed by atoms with Crippen molar-refractivity contribution in [3.05, 3.63) is 71.0 Å².